The second-order valence-corrected chi connectivity index (χ2v) is 5.89. The summed E-state index contributed by atoms with van der Waals surface area (Å²) < 4.78 is 0. The average molecular weight is 254 g/mol. The zero-order chi connectivity index (χ0) is 13.0. The number of β-amino-alcohol motifs (C(OH)–C–C–N with tert-alkyl or cyclic N) is 1. The molecule has 3 N–H and O–H groups in total. The Balaban J connectivity index is 1.87. The predicted molar refractivity (Wildman–Crippen MR) is 70.9 cm³/mol. The van der Waals surface area contributed by atoms with Gasteiger partial charge in [-0.05, 0) is 44.6 Å². The lowest BCUT2D eigenvalue weighted by Gasteiger charge is -2.35. The van der Waals surface area contributed by atoms with Crippen LogP contribution in [0.25, 0.3) is 0 Å². The second-order valence-electron chi connectivity index (χ2n) is 5.89. The molecule has 0 radical (unpaired) electrons. The van der Waals surface area contributed by atoms with Gasteiger partial charge in [0, 0.05) is 19.0 Å². The molecule has 1 aliphatic carbocycles. The molecule has 18 heavy (non-hydrogen) atoms. The molecule has 0 aromatic rings. The van der Waals surface area contributed by atoms with E-state index in [0.29, 0.717) is 12.5 Å². The van der Waals surface area contributed by atoms with Crippen LogP contribution in [-0.4, -0.2) is 41.7 Å². The third-order valence-corrected chi connectivity index (χ3v) is 4.42. The smallest absolute Gasteiger partial charge is 0.225 e. The summed E-state index contributed by atoms with van der Waals surface area (Å²) in [5.74, 6) is 1.09. The van der Waals surface area contributed by atoms with Gasteiger partial charge < -0.3 is 15.7 Å². The van der Waals surface area contributed by atoms with E-state index in [2.05, 4.69) is 0 Å². The molecule has 0 spiro atoms. The van der Waals surface area contributed by atoms with Crippen LogP contribution in [0.1, 0.15) is 44.9 Å². The summed E-state index contributed by atoms with van der Waals surface area (Å²) in [7, 11) is 0. The van der Waals surface area contributed by atoms with Gasteiger partial charge in [-0.3, -0.25) is 4.79 Å². The Hall–Kier alpha value is -0.610. The molecule has 1 heterocycles. The highest BCUT2D eigenvalue weighted by atomic mass is 16.3. The van der Waals surface area contributed by atoms with Gasteiger partial charge in [0.05, 0.1) is 6.10 Å². The maximum atomic E-state index is 12.4. The Morgan fingerprint density at radius 3 is 2.83 bits per heavy atom. The zero-order valence-electron chi connectivity index (χ0n) is 11.2. The fourth-order valence-electron chi connectivity index (χ4n) is 3.43. The number of piperidine rings is 1. The van der Waals surface area contributed by atoms with Crippen LogP contribution in [0.4, 0.5) is 0 Å². The predicted octanol–water partition coefficient (Wildman–Crippen LogP) is 1.12. The number of hydrogen-bond acceptors (Lipinski definition) is 3. The molecule has 2 rings (SSSR count). The minimum Gasteiger partial charge on any atom is -0.391 e. The molecule has 3 unspecified atom stereocenters. The first-order chi connectivity index (χ1) is 8.70. The number of likely N-dealkylation sites (tertiary alicyclic amines) is 1. The molecule has 4 heteroatoms. The number of nitrogens with zero attached hydrogens (tertiary/aromatic N) is 1. The third kappa shape index (κ3) is 3.45. The van der Waals surface area contributed by atoms with Crippen LogP contribution < -0.4 is 5.73 Å². The molecule has 4 nitrogen and oxygen atoms in total. The van der Waals surface area contributed by atoms with Gasteiger partial charge in [-0.1, -0.05) is 12.8 Å². The second kappa shape index (κ2) is 6.53. The van der Waals surface area contributed by atoms with E-state index in [1.807, 2.05) is 4.90 Å². The van der Waals surface area contributed by atoms with Gasteiger partial charge in [0.1, 0.15) is 0 Å². The molecule has 2 fully saturated rings. The molecular weight excluding hydrogens is 228 g/mol. The minimum atomic E-state index is -0.314. The molecule has 3 atom stereocenters. The molecule has 1 saturated carbocycles. The highest BCUT2D eigenvalue weighted by Crippen LogP contribution is 2.32. The topological polar surface area (TPSA) is 66.6 Å². The van der Waals surface area contributed by atoms with Crippen LogP contribution in [0.3, 0.4) is 0 Å². The fourth-order valence-corrected chi connectivity index (χ4v) is 3.43. The van der Waals surface area contributed by atoms with Crippen molar-refractivity contribution in [2.75, 3.05) is 19.6 Å². The van der Waals surface area contributed by atoms with Crippen molar-refractivity contribution in [1.82, 2.24) is 4.90 Å². The van der Waals surface area contributed by atoms with Crippen LogP contribution >= 0.6 is 0 Å². The number of aliphatic hydroxyl groups is 1. The Bertz CT molecular complexity index is 281. The number of aliphatic hydroxyl groups excluding tert-OH is 1. The van der Waals surface area contributed by atoms with Crippen molar-refractivity contribution >= 4 is 5.91 Å². The van der Waals surface area contributed by atoms with Crippen molar-refractivity contribution in [1.29, 1.82) is 0 Å². The molecule has 104 valence electrons. The SMILES string of the molecule is NCCC1CCCC(C(=O)N2CCCC(O)C2)C1. The fraction of sp³-hybridized carbons (Fsp3) is 0.929. The minimum absolute atomic E-state index is 0.181. The monoisotopic (exact) mass is 254 g/mol. The molecule has 2 aliphatic rings. The van der Waals surface area contributed by atoms with Gasteiger partial charge in [0.25, 0.3) is 0 Å². The normalized spacial score (nSPS) is 33.4. The summed E-state index contributed by atoms with van der Waals surface area (Å²) in [5, 5.41) is 9.65. The van der Waals surface area contributed by atoms with Crippen LogP contribution in [0.2, 0.25) is 0 Å². The molecule has 0 aromatic heterocycles. The molecule has 0 aromatic carbocycles. The maximum absolute atomic E-state index is 12.4. The van der Waals surface area contributed by atoms with E-state index < -0.39 is 0 Å². The van der Waals surface area contributed by atoms with Gasteiger partial charge in [0.15, 0.2) is 0 Å². The van der Waals surface area contributed by atoms with E-state index in [0.717, 1.165) is 51.6 Å². The largest absolute Gasteiger partial charge is 0.391 e. The van der Waals surface area contributed by atoms with Gasteiger partial charge in [0.2, 0.25) is 5.91 Å². The van der Waals surface area contributed by atoms with Gasteiger partial charge in [-0.25, -0.2) is 0 Å². The van der Waals surface area contributed by atoms with E-state index in [1.165, 1.54) is 6.42 Å². The lowest BCUT2D eigenvalue weighted by Crippen LogP contribution is -2.45. The highest BCUT2D eigenvalue weighted by Gasteiger charge is 2.31. The maximum Gasteiger partial charge on any atom is 0.225 e. The lowest BCUT2D eigenvalue weighted by atomic mass is 9.79. The molecule has 1 amide bonds. The van der Waals surface area contributed by atoms with Crippen LogP contribution in [0.15, 0.2) is 0 Å². The van der Waals surface area contributed by atoms with Crippen molar-refractivity contribution in [3.8, 4) is 0 Å². The Labute approximate surface area is 110 Å². The van der Waals surface area contributed by atoms with Gasteiger partial charge >= 0.3 is 0 Å². The molecular formula is C14H26N2O2. The van der Waals surface area contributed by atoms with Crippen molar-refractivity contribution < 1.29 is 9.90 Å². The molecule has 1 aliphatic heterocycles. The Kier molecular flexibility index (Phi) is 5.01. The quantitative estimate of drug-likeness (QED) is 0.793. The van der Waals surface area contributed by atoms with Crippen LogP contribution in [0.5, 0.6) is 0 Å². The molecule has 1 saturated heterocycles. The summed E-state index contributed by atoms with van der Waals surface area (Å²) in [6, 6.07) is 0. The Morgan fingerprint density at radius 1 is 1.28 bits per heavy atom. The van der Waals surface area contributed by atoms with Crippen molar-refractivity contribution in [3.05, 3.63) is 0 Å². The van der Waals surface area contributed by atoms with E-state index in [9.17, 15) is 9.90 Å². The van der Waals surface area contributed by atoms with E-state index in [1.54, 1.807) is 0 Å². The number of nitrogens with two attached hydrogens (primary N) is 1. The summed E-state index contributed by atoms with van der Waals surface area (Å²) in [6.45, 7) is 2.10. The summed E-state index contributed by atoms with van der Waals surface area (Å²) >= 11 is 0. The van der Waals surface area contributed by atoms with Crippen molar-refractivity contribution in [2.24, 2.45) is 17.6 Å². The number of carbonyl (C=O) groups is 1. The number of rotatable bonds is 3. The number of carbonyl (C=O) groups excluding carboxylic acids is 1. The number of hydrogen-bond donors (Lipinski definition) is 2. The first-order valence-corrected chi connectivity index (χ1v) is 7.37. The van der Waals surface area contributed by atoms with E-state index in [-0.39, 0.29) is 17.9 Å². The lowest BCUT2D eigenvalue weighted by molar-refractivity contribution is -0.140. The zero-order valence-corrected chi connectivity index (χ0v) is 11.2. The molecule has 0 bridgehead atoms. The van der Waals surface area contributed by atoms with E-state index >= 15 is 0 Å². The summed E-state index contributed by atoms with van der Waals surface area (Å²) in [6.07, 6.45) is 6.91. The van der Waals surface area contributed by atoms with E-state index in [4.69, 9.17) is 5.73 Å². The number of amides is 1. The third-order valence-electron chi connectivity index (χ3n) is 4.42. The summed E-state index contributed by atoms with van der Waals surface area (Å²) in [4.78, 5) is 14.3. The van der Waals surface area contributed by atoms with Crippen LogP contribution in [-0.2, 0) is 4.79 Å². The van der Waals surface area contributed by atoms with Crippen molar-refractivity contribution in [3.63, 3.8) is 0 Å². The Morgan fingerprint density at radius 2 is 2.11 bits per heavy atom. The standard InChI is InChI=1S/C14H26N2O2/c15-7-6-11-3-1-4-12(9-11)14(18)16-8-2-5-13(17)10-16/h11-13,17H,1-10,15H2. The average Bonchev–Trinajstić information content (AvgIpc) is 2.39. The highest BCUT2D eigenvalue weighted by molar-refractivity contribution is 5.79. The van der Waals surface area contributed by atoms with Gasteiger partial charge in [-0.15, -0.1) is 0 Å². The van der Waals surface area contributed by atoms with Crippen molar-refractivity contribution in [2.45, 2.75) is 51.0 Å². The van der Waals surface area contributed by atoms with Gasteiger partial charge in [-0.2, -0.15) is 0 Å². The first kappa shape index (κ1) is 13.8. The van der Waals surface area contributed by atoms with Crippen LogP contribution in [0, 0.1) is 11.8 Å². The summed E-state index contributed by atoms with van der Waals surface area (Å²) in [5.41, 5.74) is 5.61. The first-order valence-electron chi connectivity index (χ1n) is 7.37.